The molecule has 3 aromatic rings. The van der Waals surface area contributed by atoms with Gasteiger partial charge in [0.1, 0.15) is 16.7 Å². The number of aromatic nitrogens is 3. The van der Waals surface area contributed by atoms with Crippen molar-refractivity contribution in [2.75, 3.05) is 25.5 Å². The molecule has 0 saturated carbocycles. The van der Waals surface area contributed by atoms with Crippen molar-refractivity contribution in [3.63, 3.8) is 0 Å². The van der Waals surface area contributed by atoms with Crippen molar-refractivity contribution in [3.8, 4) is 0 Å². The molecule has 2 aromatic heterocycles. The third-order valence-corrected chi connectivity index (χ3v) is 4.89. The van der Waals surface area contributed by atoms with Gasteiger partial charge >= 0.3 is 5.95 Å². The molecule has 1 aromatic carbocycles. The molecule has 0 bridgehead atoms. The zero-order valence-electron chi connectivity index (χ0n) is 14.2. The molecule has 1 aliphatic heterocycles. The van der Waals surface area contributed by atoms with E-state index in [0.29, 0.717) is 12.0 Å². The largest absolute Gasteiger partial charge is 0.391 e. The van der Waals surface area contributed by atoms with Crippen molar-refractivity contribution >= 4 is 17.0 Å². The number of hydrogen-bond donors (Lipinski definition) is 2. The van der Waals surface area contributed by atoms with Gasteiger partial charge in [0, 0.05) is 18.2 Å². The maximum absolute atomic E-state index is 4.94. The summed E-state index contributed by atoms with van der Waals surface area (Å²) in [4.78, 5) is 13.7. The quantitative estimate of drug-likeness (QED) is 0.779. The van der Waals surface area contributed by atoms with Gasteiger partial charge < -0.3 is 10.3 Å². The van der Waals surface area contributed by atoms with Gasteiger partial charge in [-0.25, -0.2) is 4.98 Å². The van der Waals surface area contributed by atoms with E-state index < -0.39 is 0 Å². The number of H-pyrrole nitrogens is 2. The highest BCUT2D eigenvalue weighted by Crippen LogP contribution is 2.35. The summed E-state index contributed by atoms with van der Waals surface area (Å²) < 4.78 is 0. The molecule has 2 atom stereocenters. The number of hydrogen-bond acceptors (Lipinski definition) is 3. The van der Waals surface area contributed by atoms with Gasteiger partial charge in [0.25, 0.3) is 0 Å². The SMILES string of the molecule is CN(C)c1nc(C2CCNC(c3ccccc3)C2)c2[nH]ccc2[nH+]1. The van der Waals surface area contributed by atoms with Crippen molar-refractivity contribution in [1.29, 1.82) is 0 Å². The first-order valence-electron chi connectivity index (χ1n) is 8.58. The van der Waals surface area contributed by atoms with Gasteiger partial charge in [0.05, 0.1) is 14.1 Å². The van der Waals surface area contributed by atoms with Crippen LogP contribution >= 0.6 is 0 Å². The molecule has 0 radical (unpaired) electrons. The summed E-state index contributed by atoms with van der Waals surface area (Å²) in [6.45, 7) is 1.02. The molecule has 0 spiro atoms. The second-order valence-corrected chi connectivity index (χ2v) is 6.75. The Morgan fingerprint density at radius 3 is 2.79 bits per heavy atom. The van der Waals surface area contributed by atoms with Gasteiger partial charge in [-0.1, -0.05) is 35.3 Å². The van der Waals surface area contributed by atoms with Gasteiger partial charge in [-0.3, -0.25) is 4.90 Å². The Balaban J connectivity index is 1.70. The van der Waals surface area contributed by atoms with Crippen molar-refractivity contribution in [2.45, 2.75) is 24.8 Å². The van der Waals surface area contributed by atoms with E-state index in [1.165, 1.54) is 11.3 Å². The van der Waals surface area contributed by atoms with E-state index in [1.54, 1.807) is 0 Å². The number of fused-ring (bicyclic) bond motifs is 1. The molecular weight excluding hydrogens is 298 g/mol. The van der Waals surface area contributed by atoms with Crippen LogP contribution in [0.2, 0.25) is 0 Å². The van der Waals surface area contributed by atoms with Crippen molar-refractivity contribution < 1.29 is 4.98 Å². The number of rotatable bonds is 3. The third kappa shape index (κ3) is 2.76. The predicted molar refractivity (Wildman–Crippen MR) is 96.1 cm³/mol. The second-order valence-electron chi connectivity index (χ2n) is 6.75. The normalized spacial score (nSPS) is 21.1. The maximum Gasteiger partial charge on any atom is 0.391 e. The highest BCUT2D eigenvalue weighted by atomic mass is 15.2. The van der Waals surface area contributed by atoms with E-state index in [1.807, 2.05) is 25.2 Å². The molecule has 1 saturated heterocycles. The fraction of sp³-hybridized carbons (Fsp3) is 0.368. The fourth-order valence-electron chi connectivity index (χ4n) is 3.62. The molecule has 5 heteroatoms. The molecule has 124 valence electrons. The summed E-state index contributed by atoms with van der Waals surface area (Å²) in [6, 6.07) is 13.2. The number of nitrogens with one attached hydrogen (secondary N) is 3. The van der Waals surface area contributed by atoms with E-state index in [0.717, 1.165) is 36.4 Å². The minimum absolute atomic E-state index is 0.392. The third-order valence-electron chi connectivity index (χ3n) is 4.89. The highest BCUT2D eigenvalue weighted by molar-refractivity contribution is 5.75. The monoisotopic (exact) mass is 322 g/mol. The van der Waals surface area contributed by atoms with Crippen LogP contribution in [-0.2, 0) is 0 Å². The molecule has 4 rings (SSSR count). The predicted octanol–water partition coefficient (Wildman–Crippen LogP) is 2.65. The number of piperidine rings is 1. The summed E-state index contributed by atoms with van der Waals surface area (Å²) in [5.41, 5.74) is 4.80. The Hall–Kier alpha value is -2.40. The zero-order valence-corrected chi connectivity index (χ0v) is 14.2. The highest BCUT2D eigenvalue weighted by Gasteiger charge is 2.30. The number of anilines is 1. The fourth-order valence-corrected chi connectivity index (χ4v) is 3.62. The summed E-state index contributed by atoms with van der Waals surface area (Å²) in [6.07, 6.45) is 4.17. The Morgan fingerprint density at radius 2 is 2.00 bits per heavy atom. The van der Waals surface area contributed by atoms with Crippen LogP contribution in [-0.4, -0.2) is 30.6 Å². The Morgan fingerprint density at radius 1 is 1.17 bits per heavy atom. The van der Waals surface area contributed by atoms with E-state index in [4.69, 9.17) is 4.98 Å². The first kappa shape index (κ1) is 15.1. The van der Waals surface area contributed by atoms with Crippen LogP contribution in [0.3, 0.4) is 0 Å². The molecule has 1 aliphatic rings. The minimum Gasteiger partial charge on any atom is -0.356 e. The molecule has 1 fully saturated rings. The van der Waals surface area contributed by atoms with Crippen LogP contribution in [0.5, 0.6) is 0 Å². The van der Waals surface area contributed by atoms with Crippen molar-refractivity contribution in [2.24, 2.45) is 0 Å². The lowest BCUT2D eigenvalue weighted by Crippen LogP contribution is -2.32. The smallest absolute Gasteiger partial charge is 0.356 e. The van der Waals surface area contributed by atoms with Gasteiger partial charge in [-0.05, 0) is 31.0 Å². The summed E-state index contributed by atoms with van der Waals surface area (Å²) >= 11 is 0. The van der Waals surface area contributed by atoms with Gasteiger partial charge in [-0.2, -0.15) is 0 Å². The lowest BCUT2D eigenvalue weighted by molar-refractivity contribution is -0.334. The molecule has 0 aliphatic carbocycles. The average molecular weight is 322 g/mol. The van der Waals surface area contributed by atoms with Crippen LogP contribution in [0.25, 0.3) is 11.0 Å². The van der Waals surface area contributed by atoms with Crippen molar-refractivity contribution in [3.05, 3.63) is 53.9 Å². The van der Waals surface area contributed by atoms with Gasteiger partial charge in [0.15, 0.2) is 0 Å². The molecule has 2 unspecified atom stereocenters. The van der Waals surface area contributed by atoms with Crippen LogP contribution < -0.4 is 15.2 Å². The number of nitrogens with zero attached hydrogens (tertiary/aromatic N) is 2. The summed E-state index contributed by atoms with van der Waals surface area (Å²) in [7, 11) is 4.05. The molecule has 3 heterocycles. The van der Waals surface area contributed by atoms with Crippen LogP contribution in [0.1, 0.15) is 36.1 Å². The number of benzene rings is 1. The van der Waals surface area contributed by atoms with Crippen molar-refractivity contribution in [1.82, 2.24) is 15.3 Å². The first-order valence-corrected chi connectivity index (χ1v) is 8.58. The van der Waals surface area contributed by atoms with E-state index in [9.17, 15) is 0 Å². The van der Waals surface area contributed by atoms with Crippen LogP contribution in [0.4, 0.5) is 5.95 Å². The topological polar surface area (TPSA) is 58.1 Å². The molecule has 3 N–H and O–H groups in total. The average Bonchev–Trinajstić information content (AvgIpc) is 3.10. The maximum atomic E-state index is 4.94. The minimum atomic E-state index is 0.392. The molecule has 24 heavy (non-hydrogen) atoms. The summed E-state index contributed by atoms with van der Waals surface area (Å²) in [5.74, 6) is 1.36. The molecule has 0 amide bonds. The molecule has 5 nitrogen and oxygen atoms in total. The van der Waals surface area contributed by atoms with E-state index in [2.05, 4.69) is 51.7 Å². The van der Waals surface area contributed by atoms with Crippen LogP contribution in [0, 0.1) is 0 Å². The Kier molecular flexibility index (Phi) is 3.94. The summed E-state index contributed by atoms with van der Waals surface area (Å²) in [5, 5.41) is 3.66. The van der Waals surface area contributed by atoms with E-state index >= 15 is 0 Å². The lowest BCUT2D eigenvalue weighted by atomic mass is 9.86. The first-order chi connectivity index (χ1) is 11.7. The zero-order chi connectivity index (χ0) is 16.5. The second kappa shape index (κ2) is 6.24. The van der Waals surface area contributed by atoms with Gasteiger partial charge in [-0.15, -0.1) is 0 Å². The van der Waals surface area contributed by atoms with Crippen LogP contribution in [0.15, 0.2) is 42.6 Å². The standard InChI is InChI=1S/C19H23N5/c1-24(2)19-22-15-9-11-21-18(15)17(23-19)14-8-10-20-16(12-14)13-6-4-3-5-7-13/h3-7,9,11,14,16,20-21H,8,10,12H2,1-2H3/p+1. The molecular formula is C19H24N5+. The Labute approximate surface area is 142 Å². The number of aromatic amines is 2. The van der Waals surface area contributed by atoms with Gasteiger partial charge in [0.2, 0.25) is 0 Å². The Bertz CT molecular complexity index is 824. The lowest BCUT2D eigenvalue weighted by Gasteiger charge is -2.29. The van der Waals surface area contributed by atoms with E-state index in [-0.39, 0.29) is 0 Å².